The van der Waals surface area contributed by atoms with Crippen LogP contribution in [0.15, 0.2) is 24.7 Å². The molecule has 4 bridgehead atoms. The first-order valence-electron chi connectivity index (χ1n) is 11.7. The maximum absolute atomic E-state index is 13.5. The Bertz CT molecular complexity index is 914. The molecule has 7 heteroatoms. The highest BCUT2D eigenvalue weighted by Crippen LogP contribution is 2.55. The molecule has 5 aliphatic rings. The van der Waals surface area contributed by atoms with E-state index in [-0.39, 0.29) is 11.9 Å². The van der Waals surface area contributed by atoms with E-state index in [1.54, 1.807) is 17.1 Å². The van der Waals surface area contributed by atoms with Crippen LogP contribution in [0, 0.1) is 17.8 Å². The highest BCUT2D eigenvalue weighted by atomic mass is 16.3. The van der Waals surface area contributed by atoms with Crippen molar-refractivity contribution < 1.29 is 9.90 Å². The van der Waals surface area contributed by atoms with Gasteiger partial charge in [-0.05, 0) is 68.8 Å². The number of carbonyl (C=O) groups excluding carboxylic acids is 1. The number of nitrogens with one attached hydrogen (secondary N) is 1. The van der Waals surface area contributed by atoms with Crippen LogP contribution in [0.25, 0.3) is 5.82 Å². The standard InChI is InChI=1S/C23H31N5O2/c29-21(26-20-16-9-15-10-17(20)13-23(30,11-15)12-16)19-14-25-28(18-5-2-1-3-6-18)22(19)27-8-4-7-24-27/h4,7-8,14-18,20,30H,1-3,5-6,9-13H2,(H,26,29)/t15?,16?,17?,20-,23-. The smallest absolute Gasteiger partial charge is 0.256 e. The van der Waals surface area contributed by atoms with E-state index >= 15 is 0 Å². The molecule has 5 fully saturated rings. The van der Waals surface area contributed by atoms with Crippen molar-refractivity contribution in [2.45, 2.75) is 81.9 Å². The van der Waals surface area contributed by atoms with Gasteiger partial charge in [0.15, 0.2) is 5.82 Å². The SMILES string of the molecule is O=C(N[C@H]1C2CC3CC1C[C@](O)(C3)C2)c1cnn(C2CCCCC2)c1-n1cccn1. The third-order valence-corrected chi connectivity index (χ3v) is 8.19. The van der Waals surface area contributed by atoms with Crippen molar-refractivity contribution in [3.8, 4) is 5.82 Å². The number of carbonyl (C=O) groups is 1. The molecule has 7 nitrogen and oxygen atoms in total. The Hall–Kier alpha value is -2.15. The van der Waals surface area contributed by atoms with Crippen molar-refractivity contribution in [1.29, 1.82) is 0 Å². The van der Waals surface area contributed by atoms with E-state index in [0.717, 1.165) is 50.8 Å². The molecule has 5 saturated carbocycles. The first-order chi connectivity index (χ1) is 14.6. The van der Waals surface area contributed by atoms with Crippen LogP contribution < -0.4 is 5.32 Å². The number of nitrogens with zero attached hydrogens (tertiary/aromatic N) is 4. The second-order valence-corrected chi connectivity index (χ2v) is 10.3. The third-order valence-electron chi connectivity index (χ3n) is 8.19. The van der Waals surface area contributed by atoms with Crippen LogP contribution in [0.1, 0.15) is 80.6 Å². The van der Waals surface area contributed by atoms with Crippen LogP contribution in [-0.2, 0) is 0 Å². The molecule has 0 spiro atoms. The van der Waals surface area contributed by atoms with Crippen LogP contribution in [0.3, 0.4) is 0 Å². The van der Waals surface area contributed by atoms with Gasteiger partial charge in [0.05, 0.1) is 17.8 Å². The Morgan fingerprint density at radius 3 is 2.53 bits per heavy atom. The highest BCUT2D eigenvalue weighted by molar-refractivity contribution is 5.97. The van der Waals surface area contributed by atoms with E-state index in [2.05, 4.69) is 15.5 Å². The minimum atomic E-state index is -0.482. The van der Waals surface area contributed by atoms with E-state index in [1.807, 2.05) is 16.9 Å². The Kier molecular flexibility index (Phi) is 4.30. The van der Waals surface area contributed by atoms with Gasteiger partial charge in [0.1, 0.15) is 5.56 Å². The Morgan fingerprint density at radius 1 is 1.10 bits per heavy atom. The van der Waals surface area contributed by atoms with E-state index < -0.39 is 5.60 Å². The summed E-state index contributed by atoms with van der Waals surface area (Å²) in [5.41, 5.74) is 0.126. The van der Waals surface area contributed by atoms with Crippen molar-refractivity contribution in [1.82, 2.24) is 24.9 Å². The lowest BCUT2D eigenvalue weighted by molar-refractivity contribution is -0.136. The van der Waals surface area contributed by atoms with Gasteiger partial charge in [-0.1, -0.05) is 19.3 Å². The number of rotatable bonds is 4. The number of amides is 1. The third kappa shape index (κ3) is 3.01. The molecule has 0 radical (unpaired) electrons. The second kappa shape index (κ2) is 6.94. The topological polar surface area (TPSA) is 85.0 Å². The molecule has 2 N–H and O–H groups in total. The molecule has 2 atom stereocenters. The molecule has 2 heterocycles. The van der Waals surface area contributed by atoms with E-state index in [1.165, 1.54) is 19.3 Å². The van der Waals surface area contributed by atoms with Gasteiger partial charge in [-0.15, -0.1) is 0 Å². The van der Waals surface area contributed by atoms with Crippen LogP contribution in [-0.4, -0.2) is 42.2 Å². The summed E-state index contributed by atoms with van der Waals surface area (Å²) in [6.07, 6.45) is 16.2. The molecule has 30 heavy (non-hydrogen) atoms. The fraction of sp³-hybridized carbons (Fsp3) is 0.696. The summed E-state index contributed by atoms with van der Waals surface area (Å²) >= 11 is 0. The average molecular weight is 410 g/mol. The van der Waals surface area contributed by atoms with E-state index in [4.69, 9.17) is 0 Å². The fourth-order valence-electron chi connectivity index (χ4n) is 7.18. The van der Waals surface area contributed by atoms with Crippen LogP contribution in [0.4, 0.5) is 0 Å². The molecule has 0 aliphatic heterocycles. The summed E-state index contributed by atoms with van der Waals surface area (Å²) < 4.78 is 3.82. The van der Waals surface area contributed by atoms with Crippen molar-refractivity contribution >= 4 is 5.91 Å². The molecule has 1 amide bonds. The molecule has 2 aromatic heterocycles. The van der Waals surface area contributed by atoms with Crippen LogP contribution in [0.2, 0.25) is 0 Å². The lowest BCUT2D eigenvalue weighted by Crippen LogP contribution is -2.61. The van der Waals surface area contributed by atoms with Gasteiger partial charge in [-0.3, -0.25) is 4.79 Å². The summed E-state index contributed by atoms with van der Waals surface area (Å²) in [6.45, 7) is 0. The van der Waals surface area contributed by atoms with Crippen molar-refractivity contribution in [2.24, 2.45) is 17.8 Å². The average Bonchev–Trinajstić information content (AvgIpc) is 3.39. The molecular weight excluding hydrogens is 378 g/mol. The summed E-state index contributed by atoms with van der Waals surface area (Å²) in [5.74, 6) is 2.16. The Morgan fingerprint density at radius 2 is 1.87 bits per heavy atom. The molecule has 160 valence electrons. The molecule has 7 rings (SSSR count). The maximum atomic E-state index is 13.5. The zero-order valence-electron chi connectivity index (χ0n) is 17.4. The fourth-order valence-corrected chi connectivity index (χ4v) is 7.18. The molecule has 0 saturated heterocycles. The van der Waals surface area contributed by atoms with E-state index in [9.17, 15) is 9.90 Å². The first-order valence-corrected chi connectivity index (χ1v) is 11.7. The maximum Gasteiger partial charge on any atom is 0.256 e. The molecule has 5 aliphatic carbocycles. The summed E-state index contributed by atoms with van der Waals surface area (Å²) in [7, 11) is 0. The predicted octanol–water partition coefficient (Wildman–Crippen LogP) is 3.24. The monoisotopic (exact) mass is 409 g/mol. The van der Waals surface area contributed by atoms with Gasteiger partial charge in [-0.25, -0.2) is 9.36 Å². The van der Waals surface area contributed by atoms with Gasteiger partial charge < -0.3 is 10.4 Å². The summed E-state index contributed by atoms with van der Waals surface area (Å²) in [6, 6.07) is 2.38. The summed E-state index contributed by atoms with van der Waals surface area (Å²) in [4.78, 5) is 13.5. The first kappa shape index (κ1) is 18.6. The lowest BCUT2D eigenvalue weighted by Gasteiger charge is -2.58. The number of hydrogen-bond donors (Lipinski definition) is 2. The van der Waals surface area contributed by atoms with Gasteiger partial charge in [0.25, 0.3) is 5.91 Å². The minimum absolute atomic E-state index is 0.0491. The number of hydrogen-bond acceptors (Lipinski definition) is 4. The molecule has 2 unspecified atom stereocenters. The molecular formula is C23H31N5O2. The number of aliphatic hydroxyl groups is 1. The van der Waals surface area contributed by atoms with Crippen LogP contribution in [0.5, 0.6) is 0 Å². The minimum Gasteiger partial charge on any atom is -0.390 e. The van der Waals surface area contributed by atoms with Crippen molar-refractivity contribution in [2.75, 3.05) is 0 Å². The van der Waals surface area contributed by atoms with Gasteiger partial charge in [0.2, 0.25) is 0 Å². The Labute approximate surface area is 176 Å². The largest absolute Gasteiger partial charge is 0.390 e. The predicted molar refractivity (Wildman–Crippen MR) is 111 cm³/mol. The van der Waals surface area contributed by atoms with Gasteiger partial charge in [-0.2, -0.15) is 10.2 Å². The second-order valence-electron chi connectivity index (χ2n) is 10.3. The Balaban J connectivity index is 1.29. The zero-order valence-corrected chi connectivity index (χ0v) is 17.4. The number of aromatic nitrogens is 4. The molecule has 2 aromatic rings. The van der Waals surface area contributed by atoms with Crippen molar-refractivity contribution in [3.63, 3.8) is 0 Å². The highest BCUT2D eigenvalue weighted by Gasteiger charge is 2.55. The lowest BCUT2D eigenvalue weighted by atomic mass is 9.52. The van der Waals surface area contributed by atoms with Crippen molar-refractivity contribution in [3.05, 3.63) is 30.2 Å². The summed E-state index contributed by atoms with van der Waals surface area (Å²) in [5, 5.41) is 23.3. The van der Waals surface area contributed by atoms with Crippen LogP contribution >= 0.6 is 0 Å². The van der Waals surface area contributed by atoms with Gasteiger partial charge in [0, 0.05) is 18.4 Å². The quantitative estimate of drug-likeness (QED) is 0.812. The van der Waals surface area contributed by atoms with Gasteiger partial charge >= 0.3 is 0 Å². The van der Waals surface area contributed by atoms with E-state index in [0.29, 0.717) is 29.4 Å². The zero-order chi connectivity index (χ0) is 20.3. The molecule has 0 aromatic carbocycles. The normalized spacial score (nSPS) is 35.6.